The molecule has 1 aliphatic rings. The SMILES string of the molecule is CNC1CC(c2ccc(Br)c(Cl)c2)Oc2cc(Br)ccc21. The van der Waals surface area contributed by atoms with E-state index in [0.717, 1.165) is 26.7 Å². The zero-order valence-corrected chi connectivity index (χ0v) is 15.3. The number of hydrogen-bond acceptors (Lipinski definition) is 2. The molecule has 2 unspecified atom stereocenters. The van der Waals surface area contributed by atoms with Gasteiger partial charge < -0.3 is 10.1 Å². The summed E-state index contributed by atoms with van der Waals surface area (Å²) in [6, 6.07) is 12.4. The maximum absolute atomic E-state index is 6.20. The molecule has 1 N–H and O–H groups in total. The van der Waals surface area contributed by atoms with Crippen LogP contribution in [0.15, 0.2) is 45.3 Å². The highest BCUT2D eigenvalue weighted by atomic mass is 79.9. The van der Waals surface area contributed by atoms with Crippen molar-refractivity contribution >= 4 is 43.5 Å². The molecule has 1 heterocycles. The number of benzene rings is 2. The zero-order valence-electron chi connectivity index (χ0n) is 11.4. The third-order valence-corrected chi connectivity index (χ3v) is 5.46. The van der Waals surface area contributed by atoms with Gasteiger partial charge >= 0.3 is 0 Å². The van der Waals surface area contributed by atoms with Gasteiger partial charge in [0.2, 0.25) is 0 Å². The molecule has 0 fully saturated rings. The normalized spacial score (nSPS) is 20.8. The number of halogens is 3. The second kappa shape index (κ2) is 6.29. The van der Waals surface area contributed by atoms with Crippen LogP contribution in [0.3, 0.4) is 0 Å². The van der Waals surface area contributed by atoms with Crippen molar-refractivity contribution in [3.05, 3.63) is 61.5 Å². The summed E-state index contributed by atoms with van der Waals surface area (Å²) in [5.74, 6) is 0.916. The molecule has 0 aliphatic carbocycles. The smallest absolute Gasteiger partial charge is 0.126 e. The van der Waals surface area contributed by atoms with Crippen molar-refractivity contribution in [2.75, 3.05) is 7.05 Å². The van der Waals surface area contributed by atoms with Crippen LogP contribution in [0.1, 0.15) is 29.7 Å². The lowest BCUT2D eigenvalue weighted by Gasteiger charge is -2.32. The summed E-state index contributed by atoms with van der Waals surface area (Å²) >= 11 is 13.1. The Hall–Kier alpha value is -0.550. The maximum atomic E-state index is 6.20. The van der Waals surface area contributed by atoms with Crippen LogP contribution >= 0.6 is 43.5 Å². The van der Waals surface area contributed by atoms with Gasteiger partial charge in [-0.3, -0.25) is 0 Å². The fourth-order valence-electron chi connectivity index (χ4n) is 2.63. The van der Waals surface area contributed by atoms with Crippen molar-refractivity contribution in [3.8, 4) is 5.75 Å². The molecule has 5 heteroatoms. The average molecular weight is 432 g/mol. The summed E-state index contributed by atoms with van der Waals surface area (Å²) in [6.07, 6.45) is 0.873. The molecule has 0 aromatic heterocycles. The first-order valence-corrected chi connectivity index (χ1v) is 8.63. The molecule has 0 radical (unpaired) electrons. The molecular formula is C16H14Br2ClNO. The summed E-state index contributed by atoms with van der Waals surface area (Å²) in [6.45, 7) is 0. The lowest BCUT2D eigenvalue weighted by Crippen LogP contribution is -2.26. The van der Waals surface area contributed by atoms with Crippen LogP contribution in [0.25, 0.3) is 0 Å². The van der Waals surface area contributed by atoms with Crippen LogP contribution in [0.2, 0.25) is 5.02 Å². The number of hydrogen-bond donors (Lipinski definition) is 1. The maximum Gasteiger partial charge on any atom is 0.126 e. The van der Waals surface area contributed by atoms with E-state index >= 15 is 0 Å². The van der Waals surface area contributed by atoms with E-state index in [1.54, 1.807) is 0 Å². The van der Waals surface area contributed by atoms with Crippen LogP contribution in [-0.2, 0) is 0 Å². The van der Waals surface area contributed by atoms with Crippen LogP contribution < -0.4 is 10.1 Å². The number of ether oxygens (including phenoxy) is 1. The molecule has 3 rings (SSSR count). The van der Waals surface area contributed by atoms with Gasteiger partial charge in [-0.15, -0.1) is 0 Å². The first-order valence-electron chi connectivity index (χ1n) is 6.67. The van der Waals surface area contributed by atoms with Gasteiger partial charge in [0.05, 0.1) is 5.02 Å². The molecule has 110 valence electrons. The highest BCUT2D eigenvalue weighted by molar-refractivity contribution is 9.10. The van der Waals surface area contributed by atoms with Gasteiger partial charge in [-0.1, -0.05) is 39.7 Å². The van der Waals surface area contributed by atoms with Gasteiger partial charge in [0.25, 0.3) is 0 Å². The van der Waals surface area contributed by atoms with E-state index in [2.05, 4.69) is 49.3 Å². The quantitative estimate of drug-likeness (QED) is 0.664. The van der Waals surface area contributed by atoms with E-state index in [1.165, 1.54) is 5.56 Å². The molecule has 0 amide bonds. The minimum atomic E-state index is -0.00477. The predicted octanol–water partition coefficient (Wildman–Crippen LogP) is 5.65. The Labute approximate surface area is 146 Å². The van der Waals surface area contributed by atoms with E-state index in [4.69, 9.17) is 16.3 Å². The Balaban J connectivity index is 1.97. The lowest BCUT2D eigenvalue weighted by molar-refractivity contribution is 0.154. The van der Waals surface area contributed by atoms with Gasteiger partial charge in [0.15, 0.2) is 0 Å². The molecule has 0 saturated heterocycles. The van der Waals surface area contributed by atoms with E-state index in [9.17, 15) is 0 Å². The monoisotopic (exact) mass is 429 g/mol. The van der Waals surface area contributed by atoms with Crippen molar-refractivity contribution in [2.24, 2.45) is 0 Å². The molecule has 1 aliphatic heterocycles. The summed E-state index contributed by atoms with van der Waals surface area (Å²) in [4.78, 5) is 0. The molecule has 0 bridgehead atoms. The van der Waals surface area contributed by atoms with E-state index in [1.807, 2.05) is 31.3 Å². The van der Waals surface area contributed by atoms with Gasteiger partial charge in [0, 0.05) is 27.0 Å². The van der Waals surface area contributed by atoms with Gasteiger partial charge in [-0.25, -0.2) is 0 Å². The predicted molar refractivity (Wildman–Crippen MR) is 93.1 cm³/mol. The molecular weight excluding hydrogens is 417 g/mol. The Kier molecular flexibility index (Phi) is 4.60. The van der Waals surface area contributed by atoms with E-state index < -0.39 is 0 Å². The Morgan fingerprint density at radius 2 is 2.00 bits per heavy atom. The van der Waals surface area contributed by atoms with E-state index in [-0.39, 0.29) is 12.1 Å². The largest absolute Gasteiger partial charge is 0.485 e. The van der Waals surface area contributed by atoms with E-state index in [0.29, 0.717) is 5.02 Å². The second-order valence-electron chi connectivity index (χ2n) is 5.04. The first kappa shape index (κ1) is 15.3. The van der Waals surface area contributed by atoms with Gasteiger partial charge in [-0.05, 0) is 52.8 Å². The van der Waals surface area contributed by atoms with Gasteiger partial charge in [-0.2, -0.15) is 0 Å². The molecule has 2 atom stereocenters. The topological polar surface area (TPSA) is 21.3 Å². The van der Waals surface area contributed by atoms with Crippen LogP contribution in [0.5, 0.6) is 5.75 Å². The fraction of sp³-hybridized carbons (Fsp3) is 0.250. The minimum absolute atomic E-state index is 0.00477. The number of fused-ring (bicyclic) bond motifs is 1. The van der Waals surface area contributed by atoms with Crippen molar-refractivity contribution in [3.63, 3.8) is 0 Å². The number of nitrogens with one attached hydrogen (secondary N) is 1. The molecule has 21 heavy (non-hydrogen) atoms. The molecule has 2 nitrogen and oxygen atoms in total. The Morgan fingerprint density at radius 1 is 1.19 bits per heavy atom. The highest BCUT2D eigenvalue weighted by Crippen LogP contribution is 2.42. The molecule has 2 aromatic carbocycles. The van der Waals surface area contributed by atoms with Crippen LogP contribution in [-0.4, -0.2) is 7.05 Å². The van der Waals surface area contributed by atoms with Crippen molar-refractivity contribution in [1.82, 2.24) is 5.32 Å². The van der Waals surface area contributed by atoms with Crippen molar-refractivity contribution < 1.29 is 4.74 Å². The molecule has 2 aromatic rings. The van der Waals surface area contributed by atoms with Gasteiger partial charge in [0.1, 0.15) is 11.9 Å². The Bertz CT molecular complexity index is 677. The summed E-state index contributed by atoms with van der Waals surface area (Å²) in [5, 5.41) is 4.07. The minimum Gasteiger partial charge on any atom is -0.485 e. The fourth-order valence-corrected chi connectivity index (χ4v) is 3.41. The zero-order chi connectivity index (χ0) is 15.0. The standard InChI is InChI=1S/C16H14Br2ClNO/c1-20-14-8-15(9-2-5-12(18)13(19)6-9)21-16-7-10(17)3-4-11(14)16/h2-7,14-15,20H,8H2,1H3. The van der Waals surface area contributed by atoms with Crippen LogP contribution in [0, 0.1) is 0 Å². The van der Waals surface area contributed by atoms with Crippen molar-refractivity contribution in [2.45, 2.75) is 18.6 Å². The van der Waals surface area contributed by atoms with Crippen molar-refractivity contribution in [1.29, 1.82) is 0 Å². The first-order chi connectivity index (χ1) is 10.1. The summed E-state index contributed by atoms with van der Waals surface area (Å²) in [7, 11) is 1.98. The Morgan fingerprint density at radius 3 is 2.71 bits per heavy atom. The third kappa shape index (κ3) is 3.14. The number of rotatable bonds is 2. The molecule has 0 spiro atoms. The van der Waals surface area contributed by atoms with Crippen LogP contribution in [0.4, 0.5) is 0 Å². The summed E-state index contributed by atoms with van der Waals surface area (Å²) in [5.41, 5.74) is 2.29. The summed E-state index contributed by atoms with van der Waals surface area (Å²) < 4.78 is 8.10. The molecule has 0 saturated carbocycles. The third-order valence-electron chi connectivity index (χ3n) is 3.73. The lowest BCUT2D eigenvalue weighted by atomic mass is 9.93. The average Bonchev–Trinajstić information content (AvgIpc) is 2.48. The second-order valence-corrected chi connectivity index (χ2v) is 7.22. The highest BCUT2D eigenvalue weighted by Gasteiger charge is 2.28.